The Bertz CT molecular complexity index is 558. The Balaban J connectivity index is 1.97. The molecule has 18 heavy (non-hydrogen) atoms. The summed E-state index contributed by atoms with van der Waals surface area (Å²) < 4.78 is 25.7. The lowest BCUT2D eigenvalue weighted by molar-refractivity contribution is -0.0205. The second-order valence-electron chi connectivity index (χ2n) is 3.48. The van der Waals surface area contributed by atoms with Crippen LogP contribution in [0.2, 0.25) is 0 Å². The van der Waals surface area contributed by atoms with Gasteiger partial charge in [-0.25, -0.2) is 8.42 Å². The number of hydroxylamine groups is 1. The van der Waals surface area contributed by atoms with Gasteiger partial charge in [-0.1, -0.05) is 18.2 Å². The number of benzene rings is 1. The quantitative estimate of drug-likeness (QED) is 0.771. The van der Waals surface area contributed by atoms with Crippen molar-refractivity contribution in [3.05, 3.63) is 30.3 Å². The highest BCUT2D eigenvalue weighted by Gasteiger charge is 2.45. The van der Waals surface area contributed by atoms with Gasteiger partial charge in [-0.15, -0.1) is 5.12 Å². The van der Waals surface area contributed by atoms with Gasteiger partial charge in [0.25, 0.3) is 10.0 Å². The van der Waals surface area contributed by atoms with Crippen LogP contribution in [-0.2, 0) is 19.7 Å². The van der Waals surface area contributed by atoms with Crippen LogP contribution in [0.5, 0.6) is 0 Å². The standard InChI is InChI=1S/C8H9N5O4S/c14-18(15,7-4-2-1-3-5-7)13(8-9-17-8)12-6-16-11-10-12/h1-5,8-9H,6H2. The van der Waals surface area contributed by atoms with Crippen LogP contribution in [0.1, 0.15) is 0 Å². The molecule has 0 spiro atoms. The summed E-state index contributed by atoms with van der Waals surface area (Å²) in [5.74, 6) is 0. The molecule has 3 rings (SSSR count). The molecule has 1 unspecified atom stereocenters. The van der Waals surface area contributed by atoms with Crippen LogP contribution < -0.4 is 5.48 Å². The van der Waals surface area contributed by atoms with Crippen LogP contribution in [0.3, 0.4) is 0 Å². The van der Waals surface area contributed by atoms with Crippen LogP contribution >= 0.6 is 0 Å². The Morgan fingerprint density at radius 1 is 1.39 bits per heavy atom. The maximum absolute atomic E-state index is 12.4. The molecule has 1 aromatic carbocycles. The fraction of sp³-hybridized carbons (Fsp3) is 0.250. The molecule has 1 atom stereocenters. The lowest BCUT2D eigenvalue weighted by Gasteiger charge is -2.23. The molecule has 2 heterocycles. The Hall–Kier alpha value is -1.75. The predicted octanol–water partition coefficient (Wildman–Crippen LogP) is -0.0174. The second kappa shape index (κ2) is 4.17. The van der Waals surface area contributed by atoms with E-state index in [-0.39, 0.29) is 11.6 Å². The van der Waals surface area contributed by atoms with Crippen molar-refractivity contribution in [3.63, 3.8) is 0 Å². The van der Waals surface area contributed by atoms with Crippen molar-refractivity contribution < 1.29 is 18.1 Å². The molecule has 0 aliphatic carbocycles. The summed E-state index contributed by atoms with van der Waals surface area (Å²) in [5.41, 5.74) is 2.44. The number of hydrazine groups is 1. The maximum atomic E-state index is 12.4. The molecular formula is C8H9N5O4S. The lowest BCUT2D eigenvalue weighted by Crippen LogP contribution is -2.45. The summed E-state index contributed by atoms with van der Waals surface area (Å²) in [6, 6.07) is 7.97. The average molecular weight is 271 g/mol. The predicted molar refractivity (Wildman–Crippen MR) is 56.1 cm³/mol. The van der Waals surface area contributed by atoms with Crippen molar-refractivity contribution in [1.29, 1.82) is 0 Å². The van der Waals surface area contributed by atoms with Crippen LogP contribution in [0, 0.1) is 0 Å². The molecule has 96 valence electrons. The fourth-order valence-corrected chi connectivity index (χ4v) is 2.84. The third-order valence-corrected chi connectivity index (χ3v) is 4.05. The molecular weight excluding hydrogens is 262 g/mol. The van der Waals surface area contributed by atoms with Gasteiger partial charge in [0.2, 0.25) is 13.1 Å². The van der Waals surface area contributed by atoms with Crippen molar-refractivity contribution in [2.45, 2.75) is 11.2 Å². The van der Waals surface area contributed by atoms with Crippen molar-refractivity contribution in [2.75, 3.05) is 6.73 Å². The first-order valence-corrected chi connectivity index (χ1v) is 6.44. The van der Waals surface area contributed by atoms with Gasteiger partial charge < -0.3 is 4.84 Å². The third kappa shape index (κ3) is 1.90. The summed E-state index contributed by atoms with van der Waals surface area (Å²) in [4.78, 5) is 9.56. The van der Waals surface area contributed by atoms with Crippen molar-refractivity contribution in [1.82, 2.24) is 15.0 Å². The summed E-state index contributed by atoms with van der Waals surface area (Å²) >= 11 is 0. The number of nitrogens with zero attached hydrogens (tertiary/aromatic N) is 4. The van der Waals surface area contributed by atoms with E-state index in [1.165, 1.54) is 12.1 Å². The minimum absolute atomic E-state index is 0.0897. The molecule has 0 bridgehead atoms. The van der Waals surface area contributed by atoms with E-state index in [9.17, 15) is 8.42 Å². The van der Waals surface area contributed by atoms with Crippen molar-refractivity contribution >= 4 is 10.0 Å². The van der Waals surface area contributed by atoms with Gasteiger partial charge in [0.15, 0.2) is 0 Å². The molecule has 1 fully saturated rings. The van der Waals surface area contributed by atoms with E-state index >= 15 is 0 Å². The van der Waals surface area contributed by atoms with Crippen LogP contribution in [-0.4, -0.2) is 31.0 Å². The van der Waals surface area contributed by atoms with Crippen LogP contribution in [0.25, 0.3) is 0 Å². The number of rotatable bonds is 4. The highest BCUT2D eigenvalue weighted by Crippen LogP contribution is 2.25. The zero-order valence-electron chi connectivity index (χ0n) is 9.00. The number of sulfonamides is 1. The monoisotopic (exact) mass is 271 g/mol. The first-order chi connectivity index (χ1) is 8.69. The average Bonchev–Trinajstić information content (AvgIpc) is 3.05. The van der Waals surface area contributed by atoms with E-state index in [4.69, 9.17) is 4.84 Å². The molecule has 1 saturated heterocycles. The van der Waals surface area contributed by atoms with Gasteiger partial charge >= 0.3 is 0 Å². The van der Waals surface area contributed by atoms with Gasteiger partial charge in [-0.2, -0.15) is 5.48 Å². The third-order valence-electron chi connectivity index (χ3n) is 2.31. The molecule has 0 radical (unpaired) electrons. The Morgan fingerprint density at radius 2 is 2.11 bits per heavy atom. The van der Waals surface area contributed by atoms with Gasteiger partial charge in [0, 0.05) is 5.28 Å². The summed E-state index contributed by atoms with van der Waals surface area (Å²) in [7, 11) is -3.78. The van der Waals surface area contributed by atoms with Crippen LogP contribution in [0.4, 0.5) is 0 Å². The molecule has 0 saturated carbocycles. The van der Waals surface area contributed by atoms with Crippen LogP contribution in [0.15, 0.2) is 45.7 Å². The summed E-state index contributed by atoms with van der Waals surface area (Å²) in [6.45, 7) is -0.0897. The van der Waals surface area contributed by atoms with E-state index in [1.807, 2.05) is 0 Å². The molecule has 1 aromatic rings. The molecule has 2 aliphatic rings. The minimum Gasteiger partial charge on any atom is -0.353 e. The van der Waals surface area contributed by atoms with E-state index in [0.29, 0.717) is 0 Å². The smallest absolute Gasteiger partial charge is 0.265 e. The van der Waals surface area contributed by atoms with E-state index in [0.717, 1.165) is 9.53 Å². The van der Waals surface area contributed by atoms with Gasteiger partial charge in [-0.3, -0.25) is 4.84 Å². The Labute approximate surface area is 103 Å². The summed E-state index contributed by atoms with van der Waals surface area (Å²) in [6.07, 6.45) is -0.796. The molecule has 0 amide bonds. The SMILES string of the molecule is O=S(=O)(c1ccccc1)N(C1NO1)N1CON=N1. The summed E-state index contributed by atoms with van der Waals surface area (Å²) in [5, 5.41) is 7.88. The topological polar surface area (TPSA) is 109 Å². The maximum Gasteiger partial charge on any atom is 0.265 e. The largest absolute Gasteiger partial charge is 0.353 e. The number of hydrogen-bond donors (Lipinski definition) is 1. The minimum atomic E-state index is -3.78. The fourth-order valence-electron chi connectivity index (χ4n) is 1.46. The zero-order chi connectivity index (χ0) is 12.6. The molecule has 2 aliphatic heterocycles. The molecule has 0 aromatic heterocycles. The number of nitrogens with one attached hydrogen (secondary N) is 1. The van der Waals surface area contributed by atoms with Crippen molar-refractivity contribution in [2.24, 2.45) is 10.5 Å². The zero-order valence-corrected chi connectivity index (χ0v) is 9.82. The van der Waals surface area contributed by atoms with E-state index in [1.54, 1.807) is 18.2 Å². The lowest BCUT2D eigenvalue weighted by atomic mass is 10.4. The highest BCUT2D eigenvalue weighted by molar-refractivity contribution is 7.89. The van der Waals surface area contributed by atoms with Crippen molar-refractivity contribution in [3.8, 4) is 0 Å². The Morgan fingerprint density at radius 3 is 2.67 bits per heavy atom. The first-order valence-electron chi connectivity index (χ1n) is 5.00. The first kappa shape index (κ1) is 11.3. The second-order valence-corrected chi connectivity index (χ2v) is 5.28. The van der Waals surface area contributed by atoms with E-state index in [2.05, 4.69) is 20.8 Å². The Kier molecular flexibility index (Phi) is 2.63. The van der Waals surface area contributed by atoms with Gasteiger partial charge in [0.1, 0.15) is 0 Å². The molecule has 9 nitrogen and oxygen atoms in total. The van der Waals surface area contributed by atoms with Gasteiger partial charge in [-0.05, 0) is 21.8 Å². The normalized spacial score (nSPS) is 22.3. The van der Waals surface area contributed by atoms with Gasteiger partial charge in [0.05, 0.1) is 4.90 Å². The highest BCUT2D eigenvalue weighted by atomic mass is 32.2. The van der Waals surface area contributed by atoms with E-state index < -0.39 is 16.4 Å². The molecule has 10 heteroatoms. The number of hydrogen-bond acceptors (Lipinski definition) is 8. The molecule has 1 N–H and O–H groups in total.